The smallest absolute Gasteiger partial charge is 0.253 e. The first-order chi connectivity index (χ1) is 13.4. The Balaban J connectivity index is 1.96. The van der Waals surface area contributed by atoms with Crippen LogP contribution in [-0.2, 0) is 0 Å². The number of hydrogen-bond acceptors (Lipinski definition) is 3. The third-order valence-electron chi connectivity index (χ3n) is 5.13. The lowest BCUT2D eigenvalue weighted by Crippen LogP contribution is -2.31. The molecule has 1 heterocycles. The minimum atomic E-state index is 0.0961. The van der Waals surface area contributed by atoms with Gasteiger partial charge in [0.1, 0.15) is 0 Å². The molecule has 2 rings (SSSR count). The van der Waals surface area contributed by atoms with Crippen molar-refractivity contribution in [3.8, 4) is 5.69 Å². The molecule has 0 radical (unpaired) electrons. The minimum Gasteiger partial charge on any atom is -0.342 e. The summed E-state index contributed by atoms with van der Waals surface area (Å²) >= 11 is 0. The largest absolute Gasteiger partial charge is 0.342 e. The molecule has 0 aliphatic heterocycles. The van der Waals surface area contributed by atoms with Crippen molar-refractivity contribution in [1.29, 1.82) is 0 Å². The number of hydrogen-bond donors (Lipinski definition) is 1. The number of benzene rings is 1. The van der Waals surface area contributed by atoms with Gasteiger partial charge < -0.3 is 19.7 Å². The summed E-state index contributed by atoms with van der Waals surface area (Å²) in [4.78, 5) is 17.1. The first-order valence-electron chi connectivity index (χ1n) is 10.3. The Labute approximate surface area is 170 Å². The van der Waals surface area contributed by atoms with Crippen LogP contribution in [0, 0.1) is 0 Å². The van der Waals surface area contributed by atoms with Crippen molar-refractivity contribution in [2.75, 3.05) is 47.3 Å². The molecule has 0 spiro atoms. The number of carbonyl (C=O) groups excluding carboxylic acids is 1. The molecule has 2 aromatic rings. The molecule has 0 bridgehead atoms. The molecule has 1 aromatic heterocycles. The van der Waals surface area contributed by atoms with Gasteiger partial charge in [-0.1, -0.05) is 13.8 Å². The SMILES string of the molecule is CNCCCN(C)CCCN(C)C(=O)c1ccc(-n2cccc2)c(C(C)C)c1. The van der Waals surface area contributed by atoms with Crippen molar-refractivity contribution in [1.82, 2.24) is 19.7 Å². The van der Waals surface area contributed by atoms with E-state index in [9.17, 15) is 4.79 Å². The zero-order valence-electron chi connectivity index (χ0n) is 18.1. The third-order valence-corrected chi connectivity index (χ3v) is 5.13. The van der Waals surface area contributed by atoms with Gasteiger partial charge in [-0.05, 0) is 88.4 Å². The van der Waals surface area contributed by atoms with Crippen molar-refractivity contribution in [2.24, 2.45) is 0 Å². The lowest BCUT2D eigenvalue weighted by atomic mass is 9.98. The van der Waals surface area contributed by atoms with E-state index in [0.717, 1.165) is 50.3 Å². The van der Waals surface area contributed by atoms with E-state index in [1.165, 1.54) is 5.56 Å². The molecule has 0 atom stereocenters. The molecule has 1 N–H and O–H groups in total. The van der Waals surface area contributed by atoms with Crippen LogP contribution in [0.5, 0.6) is 0 Å². The quantitative estimate of drug-likeness (QED) is 0.602. The summed E-state index contributed by atoms with van der Waals surface area (Å²) < 4.78 is 2.11. The van der Waals surface area contributed by atoms with E-state index in [1.54, 1.807) is 0 Å². The maximum absolute atomic E-state index is 12.9. The van der Waals surface area contributed by atoms with E-state index in [1.807, 2.05) is 49.6 Å². The van der Waals surface area contributed by atoms with Crippen LogP contribution in [0.25, 0.3) is 5.69 Å². The van der Waals surface area contributed by atoms with Crippen LogP contribution in [0.2, 0.25) is 0 Å². The van der Waals surface area contributed by atoms with E-state index >= 15 is 0 Å². The van der Waals surface area contributed by atoms with E-state index in [2.05, 4.69) is 47.8 Å². The van der Waals surface area contributed by atoms with Gasteiger partial charge >= 0.3 is 0 Å². The molecule has 0 saturated heterocycles. The average Bonchev–Trinajstić information content (AvgIpc) is 3.21. The second kappa shape index (κ2) is 11.0. The second-order valence-corrected chi connectivity index (χ2v) is 7.86. The average molecular weight is 385 g/mol. The van der Waals surface area contributed by atoms with E-state index in [-0.39, 0.29) is 5.91 Å². The zero-order valence-corrected chi connectivity index (χ0v) is 18.1. The predicted molar refractivity (Wildman–Crippen MR) is 117 cm³/mol. The number of carbonyl (C=O) groups is 1. The zero-order chi connectivity index (χ0) is 20.5. The maximum Gasteiger partial charge on any atom is 0.253 e. The van der Waals surface area contributed by atoms with Crippen molar-refractivity contribution >= 4 is 5.91 Å². The highest BCUT2D eigenvalue weighted by Gasteiger charge is 2.16. The molecule has 154 valence electrons. The molecular formula is C23H36N4O. The van der Waals surface area contributed by atoms with Gasteiger partial charge in [-0.25, -0.2) is 0 Å². The highest BCUT2D eigenvalue weighted by atomic mass is 16.2. The van der Waals surface area contributed by atoms with Gasteiger partial charge in [0.2, 0.25) is 0 Å². The minimum absolute atomic E-state index is 0.0961. The van der Waals surface area contributed by atoms with Crippen LogP contribution in [0.3, 0.4) is 0 Å². The molecule has 0 saturated carbocycles. The highest BCUT2D eigenvalue weighted by molar-refractivity contribution is 5.94. The van der Waals surface area contributed by atoms with Crippen LogP contribution < -0.4 is 5.32 Å². The molecule has 0 aliphatic carbocycles. The van der Waals surface area contributed by atoms with Gasteiger partial charge in [0.25, 0.3) is 5.91 Å². The molecular weight excluding hydrogens is 348 g/mol. The summed E-state index contributed by atoms with van der Waals surface area (Å²) in [5, 5.41) is 3.17. The molecule has 0 unspecified atom stereocenters. The molecule has 5 nitrogen and oxygen atoms in total. The Kier molecular flexibility index (Phi) is 8.74. The first-order valence-corrected chi connectivity index (χ1v) is 10.3. The van der Waals surface area contributed by atoms with Crippen LogP contribution in [-0.4, -0.2) is 67.6 Å². The number of nitrogens with zero attached hydrogens (tertiary/aromatic N) is 3. The fourth-order valence-corrected chi connectivity index (χ4v) is 3.42. The van der Waals surface area contributed by atoms with Crippen molar-refractivity contribution in [3.05, 3.63) is 53.9 Å². The van der Waals surface area contributed by atoms with Crippen LogP contribution >= 0.6 is 0 Å². The van der Waals surface area contributed by atoms with Gasteiger partial charge in [0, 0.05) is 37.2 Å². The fraction of sp³-hybridized carbons (Fsp3) is 0.522. The Morgan fingerprint density at radius 1 is 1.07 bits per heavy atom. The summed E-state index contributed by atoms with van der Waals surface area (Å²) in [6, 6.07) is 10.1. The lowest BCUT2D eigenvalue weighted by molar-refractivity contribution is 0.0789. The summed E-state index contributed by atoms with van der Waals surface area (Å²) in [5.74, 6) is 0.445. The Morgan fingerprint density at radius 3 is 2.39 bits per heavy atom. The first kappa shape index (κ1) is 22.2. The standard InChI is InChI=1S/C23H36N4O/c1-19(2)21-18-20(10-11-22(21)27-16-6-7-17-27)23(28)26(5)15-9-14-25(4)13-8-12-24-3/h6-7,10-11,16-19,24H,8-9,12-15H2,1-5H3. The Bertz CT molecular complexity index is 724. The van der Waals surface area contributed by atoms with Gasteiger partial charge in [-0.2, -0.15) is 0 Å². The topological polar surface area (TPSA) is 40.5 Å². The van der Waals surface area contributed by atoms with Crippen molar-refractivity contribution in [3.63, 3.8) is 0 Å². The van der Waals surface area contributed by atoms with Gasteiger partial charge in [0.15, 0.2) is 0 Å². The summed E-state index contributed by atoms with van der Waals surface area (Å²) in [6.07, 6.45) is 6.22. The third kappa shape index (κ3) is 6.21. The monoisotopic (exact) mass is 384 g/mol. The number of amides is 1. The molecule has 5 heteroatoms. The Morgan fingerprint density at radius 2 is 1.75 bits per heavy atom. The van der Waals surface area contributed by atoms with E-state index in [0.29, 0.717) is 5.92 Å². The van der Waals surface area contributed by atoms with Gasteiger partial charge in [-0.3, -0.25) is 4.79 Å². The maximum atomic E-state index is 12.9. The van der Waals surface area contributed by atoms with Crippen LogP contribution in [0.1, 0.15) is 48.5 Å². The molecule has 1 amide bonds. The number of rotatable bonds is 11. The second-order valence-electron chi connectivity index (χ2n) is 7.86. The summed E-state index contributed by atoms with van der Waals surface area (Å²) in [7, 11) is 6.03. The van der Waals surface area contributed by atoms with E-state index < -0.39 is 0 Å². The summed E-state index contributed by atoms with van der Waals surface area (Å²) in [6.45, 7) is 8.24. The molecule has 0 aliphatic rings. The van der Waals surface area contributed by atoms with Gasteiger partial charge in [-0.15, -0.1) is 0 Å². The highest BCUT2D eigenvalue weighted by Crippen LogP contribution is 2.25. The fourth-order valence-electron chi connectivity index (χ4n) is 3.42. The normalized spacial score (nSPS) is 11.4. The Hall–Kier alpha value is -2.11. The summed E-state index contributed by atoms with van der Waals surface area (Å²) in [5.41, 5.74) is 3.10. The number of nitrogens with one attached hydrogen (secondary N) is 1. The predicted octanol–water partition coefficient (Wildman–Crippen LogP) is 3.60. The van der Waals surface area contributed by atoms with E-state index in [4.69, 9.17) is 0 Å². The van der Waals surface area contributed by atoms with Crippen molar-refractivity contribution in [2.45, 2.75) is 32.6 Å². The van der Waals surface area contributed by atoms with Crippen LogP contribution in [0.4, 0.5) is 0 Å². The molecule has 28 heavy (non-hydrogen) atoms. The molecule has 0 fully saturated rings. The number of aromatic nitrogens is 1. The lowest BCUT2D eigenvalue weighted by Gasteiger charge is -2.22. The van der Waals surface area contributed by atoms with Gasteiger partial charge in [0.05, 0.1) is 0 Å². The molecule has 1 aromatic carbocycles. The van der Waals surface area contributed by atoms with Crippen molar-refractivity contribution < 1.29 is 4.79 Å². The van der Waals surface area contributed by atoms with Crippen LogP contribution in [0.15, 0.2) is 42.7 Å².